The normalized spacial score (nSPS) is 11.2. The SMILES string of the molecule is Cc1ccc(C(=O)Nc2cccc(C(F)(F)F)c2)cc1Nc1nc(-c2ccncc2)cs1. The second-order valence-electron chi connectivity index (χ2n) is 6.96. The maximum atomic E-state index is 12.9. The molecule has 0 saturated heterocycles. The van der Waals surface area contributed by atoms with Gasteiger partial charge in [0, 0.05) is 40.3 Å². The van der Waals surface area contributed by atoms with Gasteiger partial charge >= 0.3 is 6.18 Å². The van der Waals surface area contributed by atoms with Crippen molar-refractivity contribution in [3.8, 4) is 11.3 Å². The largest absolute Gasteiger partial charge is 0.416 e. The van der Waals surface area contributed by atoms with Gasteiger partial charge in [0.2, 0.25) is 0 Å². The number of carbonyl (C=O) groups is 1. The highest BCUT2D eigenvalue weighted by Gasteiger charge is 2.30. The van der Waals surface area contributed by atoms with Crippen LogP contribution in [0.4, 0.5) is 29.7 Å². The molecule has 2 heterocycles. The predicted molar refractivity (Wildman–Crippen MR) is 119 cm³/mol. The van der Waals surface area contributed by atoms with Gasteiger partial charge in [-0.05, 0) is 55.0 Å². The molecule has 32 heavy (non-hydrogen) atoms. The van der Waals surface area contributed by atoms with E-state index in [1.54, 1.807) is 30.6 Å². The van der Waals surface area contributed by atoms with Gasteiger partial charge < -0.3 is 10.6 Å². The van der Waals surface area contributed by atoms with Crippen molar-refractivity contribution in [3.63, 3.8) is 0 Å². The number of pyridine rings is 1. The highest BCUT2D eigenvalue weighted by atomic mass is 32.1. The number of rotatable bonds is 5. The van der Waals surface area contributed by atoms with E-state index in [4.69, 9.17) is 0 Å². The predicted octanol–water partition coefficient (Wildman–Crippen LogP) is 6.53. The van der Waals surface area contributed by atoms with Crippen LogP contribution in [0.15, 0.2) is 72.4 Å². The van der Waals surface area contributed by atoms with Crippen LogP contribution in [0.1, 0.15) is 21.5 Å². The fourth-order valence-electron chi connectivity index (χ4n) is 2.98. The first-order valence-electron chi connectivity index (χ1n) is 9.52. The monoisotopic (exact) mass is 454 g/mol. The standard InChI is InChI=1S/C23H17F3N4OS/c1-14-5-6-16(21(31)28-18-4-2-3-17(12-18)23(24,25)26)11-19(14)29-22-30-20(13-32-22)15-7-9-27-10-8-15/h2-13H,1H3,(H,28,31)(H,29,30). The fourth-order valence-corrected chi connectivity index (χ4v) is 3.71. The Morgan fingerprint density at radius 2 is 1.81 bits per heavy atom. The molecule has 0 atom stereocenters. The Morgan fingerprint density at radius 3 is 2.56 bits per heavy atom. The number of carbonyl (C=O) groups excluding carboxylic acids is 1. The molecule has 9 heteroatoms. The zero-order valence-corrected chi connectivity index (χ0v) is 17.6. The molecule has 0 bridgehead atoms. The minimum atomic E-state index is -4.48. The molecule has 5 nitrogen and oxygen atoms in total. The van der Waals surface area contributed by atoms with E-state index < -0.39 is 17.6 Å². The van der Waals surface area contributed by atoms with Crippen LogP contribution in [0.2, 0.25) is 0 Å². The number of nitrogens with zero attached hydrogens (tertiary/aromatic N) is 2. The van der Waals surface area contributed by atoms with E-state index in [2.05, 4.69) is 20.6 Å². The third-order valence-corrected chi connectivity index (χ3v) is 5.43. The molecule has 4 rings (SSSR count). The van der Waals surface area contributed by atoms with Crippen LogP contribution in [-0.4, -0.2) is 15.9 Å². The van der Waals surface area contributed by atoms with E-state index in [9.17, 15) is 18.0 Å². The van der Waals surface area contributed by atoms with Crippen LogP contribution in [0.5, 0.6) is 0 Å². The minimum absolute atomic E-state index is 0.0711. The Hall–Kier alpha value is -3.72. The van der Waals surface area contributed by atoms with E-state index >= 15 is 0 Å². The van der Waals surface area contributed by atoms with E-state index in [-0.39, 0.29) is 5.69 Å². The number of nitrogens with one attached hydrogen (secondary N) is 2. The lowest BCUT2D eigenvalue weighted by Crippen LogP contribution is -2.13. The maximum absolute atomic E-state index is 12.9. The molecular weight excluding hydrogens is 437 g/mol. The van der Waals surface area contributed by atoms with E-state index in [0.717, 1.165) is 29.0 Å². The summed E-state index contributed by atoms with van der Waals surface area (Å²) < 4.78 is 38.7. The first-order valence-corrected chi connectivity index (χ1v) is 10.4. The van der Waals surface area contributed by atoms with Crippen LogP contribution in [0.25, 0.3) is 11.3 Å². The topological polar surface area (TPSA) is 66.9 Å². The first-order chi connectivity index (χ1) is 15.3. The molecule has 0 aliphatic rings. The van der Waals surface area contributed by atoms with Crippen molar-refractivity contribution >= 4 is 33.8 Å². The zero-order chi connectivity index (χ0) is 22.7. The van der Waals surface area contributed by atoms with Crippen LogP contribution in [0.3, 0.4) is 0 Å². The summed E-state index contributed by atoms with van der Waals surface area (Å²) in [7, 11) is 0. The van der Waals surface area contributed by atoms with E-state index in [1.165, 1.54) is 23.5 Å². The average Bonchev–Trinajstić information content (AvgIpc) is 3.24. The molecule has 162 valence electrons. The third kappa shape index (κ3) is 4.94. The number of benzene rings is 2. The maximum Gasteiger partial charge on any atom is 0.416 e. The molecule has 4 aromatic rings. The second-order valence-corrected chi connectivity index (χ2v) is 7.82. The number of aryl methyl sites for hydroxylation is 1. The molecule has 2 aromatic heterocycles. The van der Waals surface area contributed by atoms with Crippen LogP contribution < -0.4 is 10.6 Å². The molecule has 2 N–H and O–H groups in total. The summed E-state index contributed by atoms with van der Waals surface area (Å²) in [5.74, 6) is -0.510. The first kappa shape index (κ1) is 21.5. The average molecular weight is 454 g/mol. The molecule has 1 amide bonds. The van der Waals surface area contributed by atoms with Gasteiger partial charge in [-0.1, -0.05) is 12.1 Å². The molecule has 0 saturated carbocycles. The van der Waals surface area contributed by atoms with E-state index in [1.807, 2.05) is 24.4 Å². The highest BCUT2D eigenvalue weighted by molar-refractivity contribution is 7.14. The number of amides is 1. The van der Waals surface area contributed by atoms with Gasteiger partial charge in [0.15, 0.2) is 5.13 Å². The van der Waals surface area contributed by atoms with Gasteiger partial charge in [-0.15, -0.1) is 11.3 Å². The van der Waals surface area contributed by atoms with Crippen LogP contribution in [-0.2, 0) is 6.18 Å². The lowest BCUT2D eigenvalue weighted by atomic mass is 10.1. The smallest absolute Gasteiger partial charge is 0.331 e. The van der Waals surface area contributed by atoms with Gasteiger partial charge in [0.25, 0.3) is 5.91 Å². The molecule has 2 aromatic carbocycles. The Balaban J connectivity index is 1.52. The van der Waals surface area contributed by atoms with Crippen molar-refractivity contribution in [1.82, 2.24) is 9.97 Å². The molecule has 0 unspecified atom stereocenters. The third-order valence-electron chi connectivity index (χ3n) is 4.67. The van der Waals surface area contributed by atoms with E-state index in [0.29, 0.717) is 16.4 Å². The Morgan fingerprint density at radius 1 is 1.03 bits per heavy atom. The highest BCUT2D eigenvalue weighted by Crippen LogP contribution is 2.31. The van der Waals surface area contributed by atoms with Crippen molar-refractivity contribution in [2.24, 2.45) is 0 Å². The summed E-state index contributed by atoms with van der Waals surface area (Å²) in [6.45, 7) is 1.88. The fraction of sp³-hybridized carbons (Fsp3) is 0.0870. The quantitative estimate of drug-likeness (QED) is 0.360. The zero-order valence-electron chi connectivity index (χ0n) is 16.8. The van der Waals surface area contributed by atoms with Crippen LogP contribution >= 0.6 is 11.3 Å². The molecule has 0 radical (unpaired) electrons. The summed E-state index contributed by atoms with van der Waals surface area (Å²) in [5.41, 5.74) is 2.86. The lowest BCUT2D eigenvalue weighted by Gasteiger charge is -2.12. The Labute approximate surface area is 186 Å². The summed E-state index contributed by atoms with van der Waals surface area (Å²) >= 11 is 1.42. The summed E-state index contributed by atoms with van der Waals surface area (Å²) in [6.07, 6.45) is -1.10. The Kier molecular flexibility index (Phi) is 5.91. The summed E-state index contributed by atoms with van der Waals surface area (Å²) in [6, 6.07) is 13.3. The number of anilines is 3. The van der Waals surface area contributed by atoms with Crippen molar-refractivity contribution in [2.45, 2.75) is 13.1 Å². The molecule has 0 fully saturated rings. The molecule has 0 aliphatic heterocycles. The summed E-state index contributed by atoms with van der Waals surface area (Å²) in [5, 5.41) is 8.30. The van der Waals surface area contributed by atoms with Crippen molar-refractivity contribution < 1.29 is 18.0 Å². The number of alkyl halides is 3. The van der Waals surface area contributed by atoms with Gasteiger partial charge in [-0.3, -0.25) is 9.78 Å². The van der Waals surface area contributed by atoms with Crippen LogP contribution in [0, 0.1) is 6.92 Å². The molecular formula is C23H17F3N4OS. The number of hydrogen-bond donors (Lipinski definition) is 2. The molecule has 0 spiro atoms. The summed E-state index contributed by atoms with van der Waals surface area (Å²) in [4.78, 5) is 21.2. The minimum Gasteiger partial charge on any atom is -0.331 e. The number of aromatic nitrogens is 2. The van der Waals surface area contributed by atoms with Crippen molar-refractivity contribution in [3.05, 3.63) is 89.1 Å². The number of hydrogen-bond acceptors (Lipinski definition) is 5. The second kappa shape index (κ2) is 8.80. The molecule has 0 aliphatic carbocycles. The lowest BCUT2D eigenvalue weighted by molar-refractivity contribution is -0.137. The van der Waals surface area contributed by atoms with Gasteiger partial charge in [0.05, 0.1) is 11.3 Å². The Bertz CT molecular complexity index is 1260. The number of halogens is 3. The van der Waals surface area contributed by atoms with Gasteiger partial charge in [0.1, 0.15) is 0 Å². The number of thiazole rings is 1. The van der Waals surface area contributed by atoms with Crippen molar-refractivity contribution in [1.29, 1.82) is 0 Å². The van der Waals surface area contributed by atoms with Gasteiger partial charge in [-0.2, -0.15) is 13.2 Å². The van der Waals surface area contributed by atoms with Crippen molar-refractivity contribution in [2.75, 3.05) is 10.6 Å². The van der Waals surface area contributed by atoms with Gasteiger partial charge in [-0.25, -0.2) is 4.98 Å².